The van der Waals surface area contributed by atoms with Crippen molar-refractivity contribution in [2.24, 2.45) is 10.2 Å². The Balaban J connectivity index is 2.04. The first-order valence-corrected chi connectivity index (χ1v) is 5.84. The van der Waals surface area contributed by atoms with Crippen LogP contribution in [0.5, 0.6) is 5.75 Å². The highest BCUT2D eigenvalue weighted by molar-refractivity contribution is 5.59. The van der Waals surface area contributed by atoms with Crippen LogP contribution in [0.1, 0.15) is 0 Å². The summed E-state index contributed by atoms with van der Waals surface area (Å²) >= 11 is 0. The zero-order chi connectivity index (χ0) is 14.8. The Morgan fingerprint density at radius 1 is 1.38 bits per heavy atom. The van der Waals surface area contributed by atoms with Crippen LogP contribution in [0, 0.1) is 0 Å². The Bertz CT molecular complexity index is 881. The van der Waals surface area contributed by atoms with Crippen LogP contribution >= 0.6 is 0 Å². The Morgan fingerprint density at radius 3 is 3.05 bits per heavy atom. The first-order chi connectivity index (χ1) is 10.2. The second kappa shape index (κ2) is 5.00. The molecule has 2 aromatic heterocycles. The number of nitrogen functional groups attached to an aromatic ring is 1. The number of anilines is 1. The molecule has 3 N–H and O–H groups in total. The Labute approximate surface area is 117 Å². The molecule has 21 heavy (non-hydrogen) atoms. The van der Waals surface area contributed by atoms with E-state index in [0.717, 1.165) is 0 Å². The van der Waals surface area contributed by atoms with Crippen LogP contribution in [-0.4, -0.2) is 32.1 Å². The number of nitrogens with one attached hydrogen (secondary N) is 1. The third kappa shape index (κ3) is 2.29. The molecule has 1 aromatic carbocycles. The normalized spacial score (nSPS) is 11.3. The number of nitrogens with two attached hydrogens (primary N) is 1. The average Bonchev–Trinajstić information content (AvgIpc) is 2.95. The van der Waals surface area contributed by atoms with Crippen molar-refractivity contribution in [3.05, 3.63) is 34.6 Å². The number of tetrazole rings is 1. The molecule has 0 saturated heterocycles. The maximum absolute atomic E-state index is 11.9. The predicted octanol–water partition coefficient (Wildman–Crippen LogP) is 0.819. The van der Waals surface area contributed by atoms with E-state index in [0.29, 0.717) is 11.4 Å². The molecular weight excluding hydrogens is 276 g/mol. The molecule has 10 nitrogen and oxygen atoms in total. The van der Waals surface area contributed by atoms with Crippen molar-refractivity contribution in [3.8, 4) is 5.75 Å². The monoisotopic (exact) mass is 286 g/mol. The van der Waals surface area contributed by atoms with E-state index in [9.17, 15) is 4.79 Å². The van der Waals surface area contributed by atoms with Crippen LogP contribution in [0.25, 0.3) is 5.78 Å². The molecule has 10 heteroatoms. The van der Waals surface area contributed by atoms with Crippen LogP contribution in [0.2, 0.25) is 0 Å². The highest BCUT2D eigenvalue weighted by Gasteiger charge is 2.11. The van der Waals surface area contributed by atoms with Crippen molar-refractivity contribution < 1.29 is 4.74 Å². The van der Waals surface area contributed by atoms with E-state index >= 15 is 0 Å². The topological polar surface area (TPSA) is 136 Å². The van der Waals surface area contributed by atoms with Gasteiger partial charge in [-0.1, -0.05) is 11.2 Å². The highest BCUT2D eigenvalue weighted by atomic mass is 16.5. The van der Waals surface area contributed by atoms with Gasteiger partial charge >= 0.3 is 0 Å². The van der Waals surface area contributed by atoms with E-state index < -0.39 is 5.56 Å². The quantitative estimate of drug-likeness (QED) is 0.684. The number of fused-ring (bicyclic) bond motifs is 1. The molecule has 3 rings (SSSR count). The summed E-state index contributed by atoms with van der Waals surface area (Å²) in [6.07, 6.45) is 0. The Kier molecular flexibility index (Phi) is 3.03. The van der Waals surface area contributed by atoms with Crippen LogP contribution < -0.4 is 16.0 Å². The van der Waals surface area contributed by atoms with Crippen molar-refractivity contribution in [1.82, 2.24) is 25.0 Å². The third-order valence-corrected chi connectivity index (χ3v) is 2.70. The van der Waals surface area contributed by atoms with E-state index in [1.165, 1.54) is 4.52 Å². The van der Waals surface area contributed by atoms with Crippen LogP contribution in [0.3, 0.4) is 0 Å². The van der Waals surface area contributed by atoms with Crippen molar-refractivity contribution in [3.63, 3.8) is 0 Å². The van der Waals surface area contributed by atoms with Gasteiger partial charge in [0.2, 0.25) is 0 Å². The van der Waals surface area contributed by atoms with E-state index in [4.69, 9.17) is 10.5 Å². The highest BCUT2D eigenvalue weighted by Crippen LogP contribution is 2.23. The predicted molar refractivity (Wildman–Crippen MR) is 73.0 cm³/mol. The zero-order valence-corrected chi connectivity index (χ0v) is 10.9. The van der Waals surface area contributed by atoms with Gasteiger partial charge in [-0.2, -0.15) is 9.63 Å². The molecule has 0 unspecified atom stereocenters. The molecule has 0 bridgehead atoms. The molecule has 106 valence electrons. The molecule has 0 saturated carbocycles. The van der Waals surface area contributed by atoms with Crippen molar-refractivity contribution >= 4 is 23.0 Å². The second-order valence-corrected chi connectivity index (χ2v) is 4.00. The first kappa shape index (κ1) is 12.7. The zero-order valence-electron chi connectivity index (χ0n) is 10.9. The lowest BCUT2D eigenvalue weighted by Crippen LogP contribution is -2.13. The lowest BCUT2D eigenvalue weighted by atomic mass is 10.3. The molecule has 2 heterocycles. The number of rotatable bonds is 3. The van der Waals surface area contributed by atoms with Gasteiger partial charge in [-0.25, -0.2) is 0 Å². The molecule has 0 atom stereocenters. The van der Waals surface area contributed by atoms with Crippen LogP contribution in [-0.2, 0) is 0 Å². The minimum atomic E-state index is -0.526. The fourth-order valence-corrected chi connectivity index (χ4v) is 1.68. The summed E-state index contributed by atoms with van der Waals surface area (Å²) in [5.74, 6) is 0.771. The second-order valence-electron chi connectivity index (χ2n) is 4.00. The molecule has 0 aliphatic carbocycles. The maximum atomic E-state index is 11.9. The van der Waals surface area contributed by atoms with Gasteiger partial charge in [-0.05, 0) is 22.6 Å². The number of aromatic nitrogens is 5. The van der Waals surface area contributed by atoms with Crippen molar-refractivity contribution in [2.45, 2.75) is 0 Å². The van der Waals surface area contributed by atoms with Gasteiger partial charge in [0.05, 0.1) is 12.8 Å². The summed E-state index contributed by atoms with van der Waals surface area (Å²) in [6, 6.07) is 6.91. The smallest absolute Gasteiger partial charge is 0.282 e. The average molecular weight is 286 g/mol. The number of ether oxygens (including phenoxy) is 1. The molecule has 0 amide bonds. The Hall–Kier alpha value is -3.30. The molecule has 0 aliphatic rings. The lowest BCUT2D eigenvalue weighted by Gasteiger charge is -2.00. The molecule has 3 aromatic rings. The van der Waals surface area contributed by atoms with Gasteiger partial charge in [0, 0.05) is 6.07 Å². The SMILES string of the molecule is COc1cccc(N=Nc2c(N)n3nnnc3[nH]c2=O)c1. The summed E-state index contributed by atoms with van der Waals surface area (Å²) in [4.78, 5) is 14.3. The standard InChI is InChI=1S/C11H10N8O2/c1-21-7-4-2-3-6(5-7)14-15-8-9(12)19-11(13-10(8)20)16-17-18-19/h2-5H,12H2,1H3,(H,13,16,18,20). The first-order valence-electron chi connectivity index (χ1n) is 5.84. The van der Waals surface area contributed by atoms with Crippen molar-refractivity contribution in [2.75, 3.05) is 12.8 Å². The number of methoxy groups -OCH3 is 1. The fraction of sp³-hybridized carbons (Fsp3) is 0.0909. The minimum absolute atomic E-state index is 0.00500. The van der Waals surface area contributed by atoms with Crippen LogP contribution in [0.4, 0.5) is 17.2 Å². The summed E-state index contributed by atoms with van der Waals surface area (Å²) in [7, 11) is 1.55. The number of H-pyrrole nitrogens is 1. The van der Waals surface area contributed by atoms with Gasteiger partial charge in [0.25, 0.3) is 11.3 Å². The third-order valence-electron chi connectivity index (χ3n) is 2.70. The maximum Gasteiger partial charge on any atom is 0.282 e. The minimum Gasteiger partial charge on any atom is -0.497 e. The number of aromatic amines is 1. The van der Waals surface area contributed by atoms with Crippen LogP contribution in [0.15, 0.2) is 39.3 Å². The van der Waals surface area contributed by atoms with E-state index in [1.54, 1.807) is 31.4 Å². The molecule has 0 aliphatic heterocycles. The van der Waals surface area contributed by atoms with E-state index in [1.807, 2.05) is 0 Å². The van der Waals surface area contributed by atoms with E-state index in [-0.39, 0.29) is 17.3 Å². The number of azo groups is 1. The van der Waals surface area contributed by atoms with Gasteiger partial charge in [0.15, 0.2) is 11.5 Å². The van der Waals surface area contributed by atoms with E-state index in [2.05, 4.69) is 30.7 Å². The summed E-state index contributed by atoms with van der Waals surface area (Å²) < 4.78 is 6.24. The van der Waals surface area contributed by atoms with Gasteiger partial charge in [-0.15, -0.1) is 5.11 Å². The Morgan fingerprint density at radius 2 is 2.24 bits per heavy atom. The number of nitrogens with zero attached hydrogens (tertiary/aromatic N) is 6. The fourth-order valence-electron chi connectivity index (χ4n) is 1.68. The summed E-state index contributed by atoms with van der Waals surface area (Å²) in [5.41, 5.74) is 5.73. The molecule has 0 radical (unpaired) electrons. The number of hydrogen-bond acceptors (Lipinski definition) is 8. The molecular formula is C11H10N8O2. The van der Waals surface area contributed by atoms with Gasteiger partial charge in [-0.3, -0.25) is 9.78 Å². The summed E-state index contributed by atoms with van der Waals surface area (Å²) in [6.45, 7) is 0. The summed E-state index contributed by atoms with van der Waals surface area (Å²) in [5, 5.41) is 18.5. The molecule has 0 spiro atoms. The lowest BCUT2D eigenvalue weighted by molar-refractivity contribution is 0.415. The van der Waals surface area contributed by atoms with Crippen molar-refractivity contribution in [1.29, 1.82) is 0 Å². The van der Waals surface area contributed by atoms with Gasteiger partial charge < -0.3 is 10.5 Å². The number of hydrogen-bond donors (Lipinski definition) is 2. The number of benzene rings is 1. The van der Waals surface area contributed by atoms with Gasteiger partial charge in [0.1, 0.15) is 5.75 Å². The largest absolute Gasteiger partial charge is 0.497 e. The molecule has 0 fully saturated rings.